The van der Waals surface area contributed by atoms with E-state index in [2.05, 4.69) is 10.4 Å². The van der Waals surface area contributed by atoms with Crippen molar-refractivity contribution in [2.45, 2.75) is 13.0 Å². The Labute approximate surface area is 102 Å². The molecule has 2 rings (SSSR count). The van der Waals surface area contributed by atoms with Crippen LogP contribution in [0.2, 0.25) is 0 Å². The standard InChI is InChI=1S/C12H12F3N3/c1-7(12-3-4-16-18(12)2)17-11-6-9(14)8(13)5-10(11)15/h3-7,17H,1-2H3. The van der Waals surface area contributed by atoms with Gasteiger partial charge in [-0.3, -0.25) is 4.68 Å². The van der Waals surface area contributed by atoms with Crippen LogP contribution in [0.15, 0.2) is 24.4 Å². The van der Waals surface area contributed by atoms with Crippen LogP contribution in [0.5, 0.6) is 0 Å². The van der Waals surface area contributed by atoms with E-state index in [1.54, 1.807) is 30.9 Å². The van der Waals surface area contributed by atoms with Crippen LogP contribution in [0, 0.1) is 17.5 Å². The summed E-state index contributed by atoms with van der Waals surface area (Å²) in [6.45, 7) is 1.78. The van der Waals surface area contributed by atoms with E-state index in [9.17, 15) is 13.2 Å². The van der Waals surface area contributed by atoms with Crippen molar-refractivity contribution >= 4 is 5.69 Å². The summed E-state index contributed by atoms with van der Waals surface area (Å²) < 4.78 is 40.9. The molecule has 18 heavy (non-hydrogen) atoms. The molecule has 0 saturated carbocycles. The third-order valence-electron chi connectivity index (χ3n) is 2.68. The third kappa shape index (κ3) is 2.32. The molecule has 0 bridgehead atoms. The molecule has 3 nitrogen and oxygen atoms in total. The van der Waals surface area contributed by atoms with E-state index in [-0.39, 0.29) is 11.7 Å². The molecule has 6 heteroatoms. The average Bonchev–Trinajstić information content (AvgIpc) is 2.72. The van der Waals surface area contributed by atoms with Crippen LogP contribution in [0.1, 0.15) is 18.7 Å². The molecule has 0 amide bonds. The first-order valence-electron chi connectivity index (χ1n) is 5.38. The van der Waals surface area contributed by atoms with Gasteiger partial charge >= 0.3 is 0 Å². The van der Waals surface area contributed by atoms with Crippen molar-refractivity contribution in [1.82, 2.24) is 9.78 Å². The highest BCUT2D eigenvalue weighted by atomic mass is 19.2. The fourth-order valence-corrected chi connectivity index (χ4v) is 1.75. The largest absolute Gasteiger partial charge is 0.375 e. The van der Waals surface area contributed by atoms with Crippen molar-refractivity contribution in [3.63, 3.8) is 0 Å². The Morgan fingerprint density at radius 3 is 2.44 bits per heavy atom. The second kappa shape index (κ2) is 4.72. The molecule has 1 N–H and O–H groups in total. The average molecular weight is 255 g/mol. The van der Waals surface area contributed by atoms with Gasteiger partial charge in [0.2, 0.25) is 0 Å². The van der Waals surface area contributed by atoms with Crippen molar-refractivity contribution < 1.29 is 13.2 Å². The van der Waals surface area contributed by atoms with Gasteiger partial charge in [-0.2, -0.15) is 5.10 Å². The summed E-state index contributed by atoms with van der Waals surface area (Å²) in [5, 5.41) is 6.76. The fraction of sp³-hybridized carbons (Fsp3) is 0.250. The van der Waals surface area contributed by atoms with Crippen molar-refractivity contribution in [1.29, 1.82) is 0 Å². The number of benzene rings is 1. The Balaban J connectivity index is 2.24. The maximum Gasteiger partial charge on any atom is 0.161 e. The number of nitrogens with one attached hydrogen (secondary N) is 1. The lowest BCUT2D eigenvalue weighted by Crippen LogP contribution is -2.12. The first-order valence-corrected chi connectivity index (χ1v) is 5.38. The number of aryl methyl sites for hydroxylation is 1. The molecule has 1 atom stereocenters. The van der Waals surface area contributed by atoms with Gasteiger partial charge in [0, 0.05) is 25.4 Å². The Kier molecular flexibility index (Phi) is 3.27. The molecule has 0 aliphatic rings. The molecule has 96 valence electrons. The van der Waals surface area contributed by atoms with Crippen LogP contribution in [-0.4, -0.2) is 9.78 Å². The summed E-state index contributed by atoms with van der Waals surface area (Å²) in [6.07, 6.45) is 1.61. The van der Waals surface area contributed by atoms with Crippen LogP contribution >= 0.6 is 0 Å². The van der Waals surface area contributed by atoms with E-state index in [0.717, 1.165) is 11.8 Å². The van der Waals surface area contributed by atoms with Crippen LogP contribution < -0.4 is 5.32 Å². The summed E-state index contributed by atoms with van der Waals surface area (Å²) in [5.41, 5.74) is 0.724. The van der Waals surface area contributed by atoms with Gasteiger partial charge in [-0.25, -0.2) is 13.2 Å². The molecule has 2 aromatic rings. The minimum absolute atomic E-state index is 0.0809. The van der Waals surface area contributed by atoms with Crippen molar-refractivity contribution in [2.75, 3.05) is 5.32 Å². The molecule has 1 heterocycles. The second-order valence-electron chi connectivity index (χ2n) is 3.99. The van der Waals surface area contributed by atoms with Crippen LogP contribution in [0.3, 0.4) is 0 Å². The van der Waals surface area contributed by atoms with Gasteiger partial charge in [-0.15, -0.1) is 0 Å². The van der Waals surface area contributed by atoms with Gasteiger partial charge < -0.3 is 5.32 Å². The Bertz CT molecular complexity index is 566. The maximum absolute atomic E-state index is 13.4. The molecule has 0 saturated heterocycles. The lowest BCUT2D eigenvalue weighted by Gasteiger charge is -2.16. The number of rotatable bonds is 3. The van der Waals surface area contributed by atoms with E-state index in [1.807, 2.05) is 0 Å². The van der Waals surface area contributed by atoms with Crippen molar-refractivity contribution in [3.05, 3.63) is 47.5 Å². The third-order valence-corrected chi connectivity index (χ3v) is 2.68. The SMILES string of the molecule is CC(Nc1cc(F)c(F)cc1F)c1ccnn1C. The van der Waals surface area contributed by atoms with E-state index >= 15 is 0 Å². The van der Waals surface area contributed by atoms with E-state index in [1.165, 1.54) is 0 Å². The molecule has 1 aromatic carbocycles. The smallest absolute Gasteiger partial charge is 0.161 e. The van der Waals surface area contributed by atoms with Gasteiger partial charge in [0.25, 0.3) is 0 Å². The quantitative estimate of drug-likeness (QED) is 0.854. The first-order chi connectivity index (χ1) is 8.49. The van der Waals surface area contributed by atoms with Gasteiger partial charge in [0.15, 0.2) is 11.6 Å². The van der Waals surface area contributed by atoms with E-state index < -0.39 is 17.5 Å². The Hall–Kier alpha value is -1.98. The summed E-state index contributed by atoms with van der Waals surface area (Å²) in [4.78, 5) is 0. The molecular weight excluding hydrogens is 243 g/mol. The predicted octanol–water partition coefficient (Wildman–Crippen LogP) is 3.01. The van der Waals surface area contributed by atoms with Crippen LogP contribution in [-0.2, 0) is 7.05 Å². The molecule has 0 aliphatic heterocycles. The fourth-order valence-electron chi connectivity index (χ4n) is 1.75. The minimum atomic E-state index is -1.20. The van der Waals surface area contributed by atoms with E-state index in [4.69, 9.17) is 0 Å². The first kappa shape index (κ1) is 12.5. The van der Waals surface area contributed by atoms with Gasteiger partial charge in [0.1, 0.15) is 5.82 Å². The molecule has 1 unspecified atom stereocenters. The monoisotopic (exact) mass is 255 g/mol. The number of nitrogens with zero attached hydrogens (tertiary/aromatic N) is 2. The number of anilines is 1. The molecule has 1 aromatic heterocycles. The zero-order valence-corrected chi connectivity index (χ0v) is 9.92. The number of halogens is 3. The Morgan fingerprint density at radius 1 is 1.17 bits per heavy atom. The molecule has 0 aliphatic carbocycles. The molecule has 0 fully saturated rings. The topological polar surface area (TPSA) is 29.9 Å². The van der Waals surface area contributed by atoms with Crippen molar-refractivity contribution in [3.8, 4) is 0 Å². The van der Waals surface area contributed by atoms with Gasteiger partial charge in [-0.05, 0) is 13.0 Å². The molecular formula is C12H12F3N3. The number of hydrogen-bond donors (Lipinski definition) is 1. The zero-order valence-electron chi connectivity index (χ0n) is 9.92. The highest BCUT2D eigenvalue weighted by Crippen LogP contribution is 2.23. The Morgan fingerprint density at radius 2 is 1.83 bits per heavy atom. The molecule has 0 radical (unpaired) electrons. The predicted molar refractivity (Wildman–Crippen MR) is 61.6 cm³/mol. The number of hydrogen-bond acceptors (Lipinski definition) is 2. The summed E-state index contributed by atoms with van der Waals surface area (Å²) in [6, 6.07) is 2.80. The van der Waals surface area contributed by atoms with Gasteiger partial charge in [-0.1, -0.05) is 0 Å². The highest BCUT2D eigenvalue weighted by molar-refractivity contribution is 5.46. The maximum atomic E-state index is 13.4. The highest BCUT2D eigenvalue weighted by Gasteiger charge is 2.14. The van der Waals surface area contributed by atoms with Gasteiger partial charge in [0.05, 0.1) is 17.4 Å². The summed E-state index contributed by atoms with van der Waals surface area (Å²) >= 11 is 0. The van der Waals surface area contributed by atoms with E-state index in [0.29, 0.717) is 6.07 Å². The van der Waals surface area contributed by atoms with Crippen LogP contribution in [0.4, 0.5) is 18.9 Å². The number of aromatic nitrogens is 2. The second-order valence-corrected chi connectivity index (χ2v) is 3.99. The lowest BCUT2D eigenvalue weighted by atomic mass is 10.2. The minimum Gasteiger partial charge on any atom is -0.375 e. The zero-order chi connectivity index (χ0) is 13.3. The normalized spacial score (nSPS) is 12.5. The lowest BCUT2D eigenvalue weighted by molar-refractivity contribution is 0.495. The molecule has 0 spiro atoms. The summed E-state index contributed by atoms with van der Waals surface area (Å²) in [5.74, 6) is -3.12. The summed E-state index contributed by atoms with van der Waals surface area (Å²) in [7, 11) is 1.75. The van der Waals surface area contributed by atoms with Crippen LogP contribution in [0.25, 0.3) is 0 Å². The van der Waals surface area contributed by atoms with Crippen molar-refractivity contribution in [2.24, 2.45) is 7.05 Å².